The number of nitro benzene ring substituents is 1. The number of non-ortho nitro benzene ring substituents is 1. The molecule has 0 aliphatic carbocycles. The molecule has 0 saturated heterocycles. The molecule has 0 heterocycles. The molecular formula is C11H14BrN2O3-. The molecule has 0 saturated carbocycles. The fourth-order valence-electron chi connectivity index (χ4n) is 1.21. The zero-order valence-corrected chi connectivity index (χ0v) is 11.2. The van der Waals surface area contributed by atoms with E-state index in [9.17, 15) is 15.2 Å². The van der Waals surface area contributed by atoms with Gasteiger partial charge in [-0.05, 0) is 12.0 Å². The molecule has 5 nitrogen and oxygen atoms in total. The van der Waals surface area contributed by atoms with E-state index in [1.807, 2.05) is 0 Å². The van der Waals surface area contributed by atoms with Crippen molar-refractivity contribution in [3.8, 4) is 5.75 Å². The first kappa shape index (κ1) is 13.8. The van der Waals surface area contributed by atoms with E-state index in [-0.39, 0.29) is 16.3 Å². The number of benzene rings is 1. The second-order valence-corrected chi connectivity index (χ2v) is 5.25. The standard InChI is InChI=1S/C11H15BrN2O3/c1-7(2)9(12)6-13-10-4-3-8(14(16)17)5-11(10)15/h3-5,7,9,13,15H,6H2,1-2H3/p-1. The monoisotopic (exact) mass is 301 g/mol. The Morgan fingerprint density at radius 1 is 1.47 bits per heavy atom. The molecule has 0 aromatic heterocycles. The number of rotatable bonds is 5. The molecule has 0 amide bonds. The lowest BCUT2D eigenvalue weighted by Gasteiger charge is -2.19. The fourth-order valence-corrected chi connectivity index (χ4v) is 1.38. The van der Waals surface area contributed by atoms with Gasteiger partial charge in [0, 0.05) is 29.2 Å². The predicted octanol–water partition coefficient (Wildman–Crippen LogP) is 2.50. The molecular weight excluding hydrogens is 288 g/mol. The van der Waals surface area contributed by atoms with E-state index >= 15 is 0 Å². The minimum atomic E-state index is -0.577. The van der Waals surface area contributed by atoms with Crippen LogP contribution in [0.3, 0.4) is 0 Å². The summed E-state index contributed by atoms with van der Waals surface area (Å²) >= 11 is 3.49. The van der Waals surface area contributed by atoms with Gasteiger partial charge in [-0.25, -0.2) is 0 Å². The van der Waals surface area contributed by atoms with Crippen LogP contribution in [-0.4, -0.2) is 16.3 Å². The maximum Gasteiger partial charge on any atom is 0.268 e. The van der Waals surface area contributed by atoms with Crippen LogP contribution >= 0.6 is 15.9 Å². The number of nitrogens with one attached hydrogen (secondary N) is 1. The summed E-state index contributed by atoms with van der Waals surface area (Å²) in [7, 11) is 0. The van der Waals surface area contributed by atoms with E-state index in [4.69, 9.17) is 0 Å². The fraction of sp³-hybridized carbons (Fsp3) is 0.455. The normalized spacial score (nSPS) is 12.5. The third-order valence-corrected chi connectivity index (χ3v) is 3.77. The van der Waals surface area contributed by atoms with Crippen LogP contribution in [0.4, 0.5) is 11.4 Å². The van der Waals surface area contributed by atoms with Gasteiger partial charge in [-0.15, -0.1) is 0 Å². The number of nitrogens with zero attached hydrogens (tertiary/aromatic N) is 1. The first-order chi connectivity index (χ1) is 7.91. The zero-order chi connectivity index (χ0) is 13.0. The van der Waals surface area contributed by atoms with Gasteiger partial charge in [0.15, 0.2) is 0 Å². The molecule has 1 N–H and O–H groups in total. The number of alkyl halides is 1. The number of halogens is 1. The highest BCUT2D eigenvalue weighted by Gasteiger charge is 2.10. The van der Waals surface area contributed by atoms with E-state index in [0.29, 0.717) is 18.2 Å². The van der Waals surface area contributed by atoms with Crippen LogP contribution in [0.5, 0.6) is 5.75 Å². The molecule has 0 fully saturated rings. The summed E-state index contributed by atoms with van der Waals surface area (Å²) in [6.45, 7) is 4.73. The van der Waals surface area contributed by atoms with Gasteiger partial charge in [-0.3, -0.25) is 10.1 Å². The van der Waals surface area contributed by atoms with Gasteiger partial charge in [-0.2, -0.15) is 0 Å². The Kier molecular flexibility index (Phi) is 4.74. The van der Waals surface area contributed by atoms with Gasteiger partial charge in [0.05, 0.1) is 4.92 Å². The highest BCUT2D eigenvalue weighted by atomic mass is 79.9. The number of nitro groups is 1. The minimum Gasteiger partial charge on any atom is -0.871 e. The van der Waals surface area contributed by atoms with Gasteiger partial charge < -0.3 is 10.4 Å². The number of hydrogen-bond donors (Lipinski definition) is 1. The molecule has 0 spiro atoms. The Morgan fingerprint density at radius 2 is 2.12 bits per heavy atom. The highest BCUT2D eigenvalue weighted by Crippen LogP contribution is 2.26. The van der Waals surface area contributed by atoms with Crippen LogP contribution in [0.2, 0.25) is 0 Å². The molecule has 1 unspecified atom stereocenters. The summed E-state index contributed by atoms with van der Waals surface area (Å²) in [5.74, 6) is 0.0818. The molecule has 94 valence electrons. The topological polar surface area (TPSA) is 78.2 Å². The molecule has 1 rings (SSSR count). The van der Waals surface area contributed by atoms with Gasteiger partial charge in [0.1, 0.15) is 0 Å². The van der Waals surface area contributed by atoms with Crippen molar-refractivity contribution in [2.45, 2.75) is 18.7 Å². The minimum absolute atomic E-state index is 0.181. The lowest BCUT2D eigenvalue weighted by Crippen LogP contribution is -2.19. The summed E-state index contributed by atoms with van der Waals surface area (Å²) in [6.07, 6.45) is 0. The van der Waals surface area contributed by atoms with Gasteiger partial charge in [-0.1, -0.05) is 35.5 Å². The Morgan fingerprint density at radius 3 is 2.59 bits per heavy atom. The van der Waals surface area contributed by atoms with E-state index in [1.54, 1.807) is 0 Å². The zero-order valence-electron chi connectivity index (χ0n) is 9.64. The Labute approximate surface area is 108 Å². The van der Waals surface area contributed by atoms with Gasteiger partial charge >= 0.3 is 0 Å². The van der Waals surface area contributed by atoms with Gasteiger partial charge in [0.25, 0.3) is 5.69 Å². The quantitative estimate of drug-likeness (QED) is 0.515. The van der Waals surface area contributed by atoms with E-state index in [2.05, 4.69) is 35.1 Å². The van der Waals surface area contributed by atoms with E-state index in [1.165, 1.54) is 12.1 Å². The van der Waals surface area contributed by atoms with E-state index in [0.717, 1.165) is 6.07 Å². The molecule has 0 radical (unpaired) electrons. The maximum atomic E-state index is 11.5. The third-order valence-electron chi connectivity index (χ3n) is 2.39. The van der Waals surface area contributed by atoms with Crippen molar-refractivity contribution in [1.82, 2.24) is 0 Å². The van der Waals surface area contributed by atoms with Crippen molar-refractivity contribution in [3.63, 3.8) is 0 Å². The predicted molar refractivity (Wildman–Crippen MR) is 68.6 cm³/mol. The van der Waals surface area contributed by atoms with Crippen LogP contribution in [0.25, 0.3) is 0 Å². The Hall–Kier alpha value is -1.30. The average Bonchev–Trinajstić information content (AvgIpc) is 2.26. The molecule has 0 aliphatic heterocycles. The summed E-state index contributed by atoms with van der Waals surface area (Å²) in [6, 6.07) is 3.80. The second-order valence-electron chi connectivity index (χ2n) is 4.08. The van der Waals surface area contributed by atoms with Crippen molar-refractivity contribution < 1.29 is 10.0 Å². The maximum absolute atomic E-state index is 11.5. The van der Waals surface area contributed by atoms with Gasteiger partial charge in [0.2, 0.25) is 0 Å². The summed E-state index contributed by atoms with van der Waals surface area (Å²) < 4.78 is 0. The second kappa shape index (κ2) is 5.86. The highest BCUT2D eigenvalue weighted by molar-refractivity contribution is 9.09. The van der Waals surface area contributed by atoms with Crippen LogP contribution in [0, 0.1) is 16.0 Å². The largest absolute Gasteiger partial charge is 0.871 e. The van der Waals surface area contributed by atoms with Crippen molar-refractivity contribution in [3.05, 3.63) is 28.3 Å². The van der Waals surface area contributed by atoms with Crippen molar-refractivity contribution in [2.24, 2.45) is 5.92 Å². The molecule has 0 bridgehead atoms. The lowest BCUT2D eigenvalue weighted by atomic mass is 10.1. The first-order valence-electron chi connectivity index (χ1n) is 5.25. The van der Waals surface area contributed by atoms with Crippen LogP contribution in [0.15, 0.2) is 18.2 Å². The SMILES string of the molecule is CC(C)C(Br)CNc1ccc([N+](=O)[O-])cc1[O-]. The summed E-state index contributed by atoms with van der Waals surface area (Å²) in [4.78, 5) is 10.1. The Balaban J connectivity index is 2.70. The van der Waals surface area contributed by atoms with Crippen molar-refractivity contribution in [2.75, 3.05) is 11.9 Å². The molecule has 17 heavy (non-hydrogen) atoms. The molecule has 1 atom stereocenters. The molecule has 6 heteroatoms. The smallest absolute Gasteiger partial charge is 0.268 e. The molecule has 1 aromatic rings. The van der Waals surface area contributed by atoms with Crippen LogP contribution < -0.4 is 10.4 Å². The van der Waals surface area contributed by atoms with Crippen molar-refractivity contribution >= 4 is 27.3 Å². The van der Waals surface area contributed by atoms with E-state index < -0.39 is 4.92 Å². The number of anilines is 1. The van der Waals surface area contributed by atoms with Crippen molar-refractivity contribution in [1.29, 1.82) is 0 Å². The Bertz CT molecular complexity index is 410. The molecule has 1 aromatic carbocycles. The summed E-state index contributed by atoms with van der Waals surface area (Å²) in [5, 5.41) is 25.0. The summed E-state index contributed by atoms with van der Waals surface area (Å²) in [5.41, 5.74) is 0.209. The lowest BCUT2D eigenvalue weighted by molar-refractivity contribution is -0.385. The van der Waals surface area contributed by atoms with Crippen LogP contribution in [-0.2, 0) is 0 Å². The molecule has 0 aliphatic rings. The number of hydrogen-bond acceptors (Lipinski definition) is 4. The first-order valence-corrected chi connectivity index (χ1v) is 6.16. The van der Waals surface area contributed by atoms with Crippen LogP contribution in [0.1, 0.15) is 13.8 Å². The average molecular weight is 302 g/mol. The third kappa shape index (κ3) is 3.89.